The van der Waals surface area contributed by atoms with E-state index in [1.165, 1.54) is 6.07 Å². The lowest BCUT2D eigenvalue weighted by Gasteiger charge is -2.22. The van der Waals surface area contributed by atoms with Crippen molar-refractivity contribution < 1.29 is 13.9 Å². The van der Waals surface area contributed by atoms with Crippen LogP contribution in [0.5, 0.6) is 5.75 Å². The summed E-state index contributed by atoms with van der Waals surface area (Å²) in [5, 5.41) is 3.73. The van der Waals surface area contributed by atoms with Crippen LogP contribution in [-0.2, 0) is 11.3 Å². The van der Waals surface area contributed by atoms with Crippen LogP contribution in [0.3, 0.4) is 0 Å². The summed E-state index contributed by atoms with van der Waals surface area (Å²) < 4.78 is 12.5. The molecule has 2 aromatic heterocycles. The van der Waals surface area contributed by atoms with Gasteiger partial charge in [-0.3, -0.25) is 4.79 Å². The molecular formula is C24H24N4O4. The van der Waals surface area contributed by atoms with Crippen molar-refractivity contribution in [2.45, 2.75) is 20.4 Å². The van der Waals surface area contributed by atoms with Crippen molar-refractivity contribution in [3.05, 3.63) is 76.7 Å². The zero-order valence-corrected chi connectivity index (χ0v) is 18.4. The molecule has 32 heavy (non-hydrogen) atoms. The van der Waals surface area contributed by atoms with Gasteiger partial charge in [0.2, 0.25) is 5.91 Å². The van der Waals surface area contributed by atoms with Crippen LogP contribution in [0, 0.1) is 13.8 Å². The first-order valence-electron chi connectivity index (χ1n) is 10.1. The smallest absolute Gasteiger partial charge is 0.338 e. The van der Waals surface area contributed by atoms with E-state index in [0.29, 0.717) is 22.7 Å². The Morgan fingerprint density at radius 2 is 1.97 bits per heavy atom. The van der Waals surface area contributed by atoms with Gasteiger partial charge in [-0.25, -0.2) is 9.78 Å². The number of anilines is 3. The largest absolute Gasteiger partial charge is 0.495 e. The Morgan fingerprint density at radius 1 is 1.19 bits per heavy atom. The zero-order chi connectivity index (χ0) is 22.8. The number of amides is 1. The quantitative estimate of drug-likeness (QED) is 0.463. The van der Waals surface area contributed by atoms with Crippen LogP contribution in [0.1, 0.15) is 11.5 Å². The van der Waals surface area contributed by atoms with E-state index in [-0.39, 0.29) is 12.5 Å². The van der Waals surface area contributed by atoms with E-state index >= 15 is 0 Å². The van der Waals surface area contributed by atoms with Gasteiger partial charge in [-0.2, -0.15) is 0 Å². The minimum absolute atomic E-state index is 0.139. The summed E-state index contributed by atoms with van der Waals surface area (Å²) >= 11 is 0. The van der Waals surface area contributed by atoms with Crippen LogP contribution in [-0.4, -0.2) is 29.6 Å². The van der Waals surface area contributed by atoms with Gasteiger partial charge in [-0.1, -0.05) is 12.1 Å². The van der Waals surface area contributed by atoms with Crippen LogP contribution in [0.4, 0.5) is 17.1 Å². The third-order valence-electron chi connectivity index (χ3n) is 5.24. The monoisotopic (exact) mass is 432 g/mol. The first kappa shape index (κ1) is 21.2. The third kappa shape index (κ3) is 4.20. The molecule has 0 atom stereocenters. The lowest BCUT2D eigenvalue weighted by molar-refractivity contribution is -0.116. The summed E-state index contributed by atoms with van der Waals surface area (Å²) in [4.78, 5) is 31.0. The van der Waals surface area contributed by atoms with Gasteiger partial charge in [0, 0.05) is 30.4 Å². The summed E-state index contributed by atoms with van der Waals surface area (Å²) in [7, 11) is 3.40. The number of nitrogens with one attached hydrogen (secondary N) is 1. The highest BCUT2D eigenvalue weighted by Crippen LogP contribution is 2.34. The fourth-order valence-electron chi connectivity index (χ4n) is 3.69. The van der Waals surface area contributed by atoms with Crippen molar-refractivity contribution in [1.29, 1.82) is 0 Å². The van der Waals surface area contributed by atoms with Crippen LogP contribution in [0.2, 0.25) is 0 Å². The summed E-state index contributed by atoms with van der Waals surface area (Å²) in [5.74, 6) is 1.11. The highest BCUT2D eigenvalue weighted by molar-refractivity contribution is 5.95. The lowest BCUT2D eigenvalue weighted by Crippen LogP contribution is -2.20. The molecule has 0 spiro atoms. The van der Waals surface area contributed by atoms with E-state index in [2.05, 4.69) is 10.3 Å². The average Bonchev–Trinajstić information content (AvgIpc) is 3.08. The summed E-state index contributed by atoms with van der Waals surface area (Å²) in [6, 6.07) is 14.3. The Morgan fingerprint density at radius 3 is 2.69 bits per heavy atom. The maximum atomic E-state index is 12.7. The minimum Gasteiger partial charge on any atom is -0.495 e. The second kappa shape index (κ2) is 8.58. The fourth-order valence-corrected chi connectivity index (χ4v) is 3.69. The number of rotatable bonds is 6. The number of benzene rings is 2. The molecule has 1 N–H and O–H groups in total. The van der Waals surface area contributed by atoms with E-state index in [1.54, 1.807) is 23.8 Å². The number of hydrogen-bond donors (Lipinski definition) is 1. The van der Waals surface area contributed by atoms with E-state index in [0.717, 1.165) is 22.6 Å². The minimum atomic E-state index is -0.432. The molecular weight excluding hydrogens is 408 g/mol. The maximum absolute atomic E-state index is 12.7. The third-order valence-corrected chi connectivity index (χ3v) is 5.24. The van der Waals surface area contributed by atoms with Crippen LogP contribution >= 0.6 is 0 Å². The van der Waals surface area contributed by atoms with Gasteiger partial charge in [-0.05, 0) is 44.2 Å². The van der Waals surface area contributed by atoms with Crippen molar-refractivity contribution in [1.82, 2.24) is 9.55 Å². The molecule has 4 rings (SSSR count). The molecule has 0 radical (unpaired) electrons. The van der Waals surface area contributed by atoms with Gasteiger partial charge in [0.05, 0.1) is 24.2 Å². The van der Waals surface area contributed by atoms with Crippen molar-refractivity contribution >= 4 is 33.9 Å². The Bertz CT molecular complexity index is 1360. The van der Waals surface area contributed by atoms with Gasteiger partial charge in [0.25, 0.3) is 0 Å². The highest BCUT2D eigenvalue weighted by atomic mass is 16.5. The predicted octanol–water partition coefficient (Wildman–Crippen LogP) is 4.02. The molecule has 0 saturated carbocycles. The molecule has 0 saturated heterocycles. The second-order valence-corrected chi connectivity index (χ2v) is 7.50. The molecule has 1 amide bonds. The van der Waals surface area contributed by atoms with E-state index in [9.17, 15) is 9.59 Å². The molecule has 0 aliphatic heterocycles. The summed E-state index contributed by atoms with van der Waals surface area (Å²) in [6.07, 6.45) is 1.84. The van der Waals surface area contributed by atoms with Crippen LogP contribution in [0.25, 0.3) is 11.0 Å². The van der Waals surface area contributed by atoms with Crippen molar-refractivity contribution in [2.75, 3.05) is 24.4 Å². The number of nitrogens with zero attached hydrogens (tertiary/aromatic N) is 3. The topological polar surface area (TPSA) is 89.6 Å². The van der Waals surface area contributed by atoms with Gasteiger partial charge in [0.15, 0.2) is 0 Å². The lowest BCUT2D eigenvalue weighted by atomic mass is 10.1. The zero-order valence-electron chi connectivity index (χ0n) is 18.4. The molecule has 0 aliphatic carbocycles. The number of carbonyl (C=O) groups excluding carboxylic acids is 1. The van der Waals surface area contributed by atoms with E-state index in [4.69, 9.17) is 9.15 Å². The Balaban J connectivity index is 1.65. The number of para-hydroxylation sites is 1. The molecule has 164 valence electrons. The Hall–Kier alpha value is -4.07. The molecule has 0 bridgehead atoms. The first-order valence-corrected chi connectivity index (χ1v) is 10.1. The SMILES string of the molecule is COc1ccc(N(C)c2cc(=O)oc3ccccc23)cc1NC(=O)Cn1cc(C)nc1C. The fraction of sp³-hybridized carbons (Fsp3) is 0.208. The standard InChI is InChI=1S/C24H24N4O4/c1-15-13-28(16(2)25-15)14-23(29)26-19-11-17(9-10-22(19)31-4)27(3)20-12-24(30)32-21-8-6-5-7-18(20)21/h5-13H,14H2,1-4H3,(H,26,29). The molecule has 2 heterocycles. The first-order chi connectivity index (χ1) is 15.4. The van der Waals surface area contributed by atoms with Crippen molar-refractivity contribution in [3.63, 3.8) is 0 Å². The average molecular weight is 432 g/mol. The number of carbonyl (C=O) groups is 1. The number of ether oxygens (including phenoxy) is 1. The number of imidazole rings is 1. The highest BCUT2D eigenvalue weighted by Gasteiger charge is 2.15. The summed E-state index contributed by atoms with van der Waals surface area (Å²) in [5.41, 5.74) is 2.93. The molecule has 0 aliphatic rings. The van der Waals surface area contributed by atoms with E-state index < -0.39 is 5.63 Å². The molecule has 0 unspecified atom stereocenters. The Labute approximate surface area is 185 Å². The number of aromatic nitrogens is 2. The normalized spacial score (nSPS) is 10.9. The Kier molecular flexibility index (Phi) is 5.68. The molecule has 0 fully saturated rings. The van der Waals surface area contributed by atoms with Crippen LogP contribution in [0.15, 0.2) is 63.9 Å². The van der Waals surface area contributed by atoms with Gasteiger partial charge in [-0.15, -0.1) is 0 Å². The second-order valence-electron chi connectivity index (χ2n) is 7.50. The van der Waals surface area contributed by atoms with Gasteiger partial charge >= 0.3 is 5.63 Å². The molecule has 4 aromatic rings. The van der Waals surface area contributed by atoms with Crippen LogP contribution < -0.4 is 20.6 Å². The van der Waals surface area contributed by atoms with Gasteiger partial charge < -0.3 is 23.9 Å². The maximum Gasteiger partial charge on any atom is 0.338 e. The number of hydrogen-bond acceptors (Lipinski definition) is 6. The van der Waals surface area contributed by atoms with E-state index in [1.807, 2.05) is 62.3 Å². The number of aryl methyl sites for hydroxylation is 2. The molecule has 8 heteroatoms. The molecule has 8 nitrogen and oxygen atoms in total. The van der Waals surface area contributed by atoms with Crippen molar-refractivity contribution in [3.8, 4) is 5.75 Å². The van der Waals surface area contributed by atoms with Crippen molar-refractivity contribution in [2.24, 2.45) is 0 Å². The predicted molar refractivity (Wildman–Crippen MR) is 124 cm³/mol. The molecule has 2 aromatic carbocycles. The number of fused-ring (bicyclic) bond motifs is 1. The summed E-state index contributed by atoms with van der Waals surface area (Å²) in [6.45, 7) is 3.88. The number of methoxy groups -OCH3 is 1. The van der Waals surface area contributed by atoms with Gasteiger partial charge in [0.1, 0.15) is 23.7 Å².